The van der Waals surface area contributed by atoms with Crippen LogP contribution in [0.15, 0.2) is 0 Å². The second-order valence-corrected chi connectivity index (χ2v) is 2.02. The van der Waals surface area contributed by atoms with Crippen LogP contribution >= 0.6 is 0 Å². The third-order valence-corrected chi connectivity index (χ3v) is 1.29. The molecule has 0 heterocycles. The molecule has 0 saturated heterocycles. The first-order chi connectivity index (χ1) is 6.00. The predicted molar refractivity (Wildman–Crippen MR) is 31.0 cm³/mol. The highest BCUT2D eigenvalue weighted by atomic mass is 19.2. The Morgan fingerprint density at radius 2 is 1.00 bits per heavy atom. The molecule has 13 heavy (non-hydrogen) atoms. The summed E-state index contributed by atoms with van der Waals surface area (Å²) in [5.74, 6) is -7.85. The van der Waals surface area contributed by atoms with Gasteiger partial charge in [-0.1, -0.05) is 0 Å². The lowest BCUT2D eigenvalue weighted by Gasteiger charge is -2.04. The summed E-state index contributed by atoms with van der Waals surface area (Å²) < 4.78 is 61.9. The molecule has 0 aromatic heterocycles. The zero-order valence-corrected chi connectivity index (χ0v) is 5.88. The van der Waals surface area contributed by atoms with Crippen molar-refractivity contribution in [2.45, 2.75) is 0 Å². The van der Waals surface area contributed by atoms with Crippen molar-refractivity contribution < 1.29 is 26.8 Å². The van der Waals surface area contributed by atoms with E-state index in [4.69, 9.17) is 0 Å². The molecule has 0 fully saturated rings. The zero-order valence-electron chi connectivity index (χ0n) is 5.88. The van der Waals surface area contributed by atoms with Crippen LogP contribution in [0, 0.1) is 29.1 Å². The van der Waals surface area contributed by atoms with Gasteiger partial charge >= 0.3 is 0 Å². The summed E-state index contributed by atoms with van der Waals surface area (Å²) in [7, 11) is 0. The fraction of sp³-hybridized carbons (Fsp3) is 0. The summed E-state index contributed by atoms with van der Waals surface area (Å²) in [5.41, 5.74) is 0. The van der Waals surface area contributed by atoms with Gasteiger partial charge < -0.3 is 4.84 Å². The molecule has 0 aliphatic rings. The van der Waals surface area contributed by atoms with Crippen LogP contribution in [0.5, 0.6) is 5.75 Å². The third kappa shape index (κ3) is 1.31. The van der Waals surface area contributed by atoms with Crippen molar-refractivity contribution in [3.05, 3.63) is 29.1 Å². The smallest absolute Gasteiger partial charge is 0.224 e. The van der Waals surface area contributed by atoms with Gasteiger partial charge in [0.1, 0.15) is 0 Å². The molecule has 0 amide bonds. The normalized spacial score (nSPS) is 10.3. The van der Waals surface area contributed by atoms with Crippen molar-refractivity contribution in [3.8, 4) is 5.75 Å². The van der Waals surface area contributed by atoms with E-state index >= 15 is 0 Å². The second-order valence-electron chi connectivity index (χ2n) is 2.02. The average Bonchev–Trinajstić information content (AvgIpc) is 2.13. The predicted octanol–water partition coefficient (Wildman–Crippen LogP) is 1.63. The van der Waals surface area contributed by atoms with E-state index in [1.54, 1.807) is 0 Å². The minimum absolute atomic E-state index is 1.50. The van der Waals surface area contributed by atoms with Gasteiger partial charge in [0.15, 0.2) is 0 Å². The lowest BCUT2D eigenvalue weighted by Crippen LogP contribution is -2.10. The number of rotatable bonds is 1. The van der Waals surface area contributed by atoms with E-state index < -0.39 is 34.8 Å². The molecule has 0 unspecified atom stereocenters. The molecule has 0 bridgehead atoms. The summed E-state index contributed by atoms with van der Waals surface area (Å²) in [6.07, 6.45) is 0. The zero-order chi connectivity index (χ0) is 10.2. The molecule has 2 nitrogen and oxygen atoms in total. The molecule has 1 aromatic rings. The van der Waals surface area contributed by atoms with Crippen LogP contribution in [0.2, 0.25) is 0 Å². The summed E-state index contributed by atoms with van der Waals surface area (Å²) in [6.45, 7) is 0. The summed E-state index contributed by atoms with van der Waals surface area (Å²) in [5, 5.41) is 0. The Morgan fingerprint density at radius 1 is 0.692 bits per heavy atom. The second kappa shape index (κ2) is 3.17. The Labute approximate surface area is 68.7 Å². The molecular formula is C6H2F5NO. The quantitative estimate of drug-likeness (QED) is 0.323. The highest BCUT2D eigenvalue weighted by molar-refractivity contribution is 5.29. The minimum atomic E-state index is -2.25. The van der Waals surface area contributed by atoms with Crippen molar-refractivity contribution in [1.82, 2.24) is 0 Å². The van der Waals surface area contributed by atoms with E-state index in [2.05, 4.69) is 10.7 Å². The molecule has 72 valence electrons. The van der Waals surface area contributed by atoms with Crippen LogP contribution < -0.4 is 10.7 Å². The monoisotopic (exact) mass is 199 g/mol. The Morgan fingerprint density at radius 3 is 1.31 bits per heavy atom. The third-order valence-electron chi connectivity index (χ3n) is 1.29. The Kier molecular flexibility index (Phi) is 2.37. The van der Waals surface area contributed by atoms with Gasteiger partial charge in [0.05, 0.1) is 0 Å². The van der Waals surface area contributed by atoms with Crippen LogP contribution in [-0.4, -0.2) is 0 Å². The highest BCUT2D eigenvalue weighted by Crippen LogP contribution is 2.27. The van der Waals surface area contributed by atoms with Crippen LogP contribution in [0.25, 0.3) is 0 Å². The van der Waals surface area contributed by atoms with E-state index in [0.29, 0.717) is 0 Å². The van der Waals surface area contributed by atoms with Crippen molar-refractivity contribution in [2.24, 2.45) is 5.90 Å². The Hall–Kier alpha value is -1.37. The van der Waals surface area contributed by atoms with Crippen molar-refractivity contribution in [1.29, 1.82) is 0 Å². The molecular weight excluding hydrogens is 197 g/mol. The molecule has 0 radical (unpaired) electrons. The van der Waals surface area contributed by atoms with Crippen LogP contribution in [0.3, 0.4) is 0 Å². The molecule has 1 rings (SSSR count). The molecule has 1 aromatic carbocycles. The van der Waals surface area contributed by atoms with E-state index in [1.807, 2.05) is 0 Å². The van der Waals surface area contributed by atoms with Gasteiger partial charge in [0.2, 0.25) is 34.8 Å². The van der Waals surface area contributed by atoms with E-state index in [1.165, 1.54) is 0 Å². The number of hydrogen-bond acceptors (Lipinski definition) is 2. The van der Waals surface area contributed by atoms with Crippen LogP contribution in [0.1, 0.15) is 0 Å². The van der Waals surface area contributed by atoms with Crippen molar-refractivity contribution >= 4 is 0 Å². The number of benzene rings is 1. The van der Waals surface area contributed by atoms with Gasteiger partial charge in [0, 0.05) is 0 Å². The summed E-state index contributed by atoms with van der Waals surface area (Å²) in [6, 6.07) is 0. The van der Waals surface area contributed by atoms with Gasteiger partial charge in [-0.15, -0.1) is 0 Å². The molecule has 0 aliphatic carbocycles. The lowest BCUT2D eigenvalue weighted by molar-refractivity contribution is 0.270. The van der Waals surface area contributed by atoms with Crippen LogP contribution in [0.4, 0.5) is 22.0 Å². The van der Waals surface area contributed by atoms with Gasteiger partial charge in [-0.3, -0.25) is 0 Å². The highest BCUT2D eigenvalue weighted by Gasteiger charge is 2.26. The van der Waals surface area contributed by atoms with Gasteiger partial charge in [0.25, 0.3) is 0 Å². The minimum Gasteiger partial charge on any atom is -0.405 e. The fourth-order valence-corrected chi connectivity index (χ4v) is 0.688. The van der Waals surface area contributed by atoms with E-state index in [0.717, 1.165) is 0 Å². The van der Waals surface area contributed by atoms with Gasteiger partial charge in [-0.05, 0) is 0 Å². The topological polar surface area (TPSA) is 35.2 Å². The standard InChI is InChI=1S/C6H2F5NO/c7-1-2(8)4(10)6(13-12)5(11)3(1)9/h12H2. The summed E-state index contributed by atoms with van der Waals surface area (Å²) in [4.78, 5) is 3.50. The fourth-order valence-electron chi connectivity index (χ4n) is 0.688. The van der Waals surface area contributed by atoms with Crippen molar-refractivity contribution in [3.63, 3.8) is 0 Å². The largest absolute Gasteiger partial charge is 0.405 e. The Bertz CT molecular complexity index is 324. The maximum Gasteiger partial charge on any atom is 0.224 e. The molecule has 0 saturated carbocycles. The van der Waals surface area contributed by atoms with E-state index in [-0.39, 0.29) is 0 Å². The molecule has 2 N–H and O–H groups in total. The lowest BCUT2D eigenvalue weighted by atomic mass is 10.3. The molecule has 0 atom stereocenters. The number of hydrogen-bond donors (Lipinski definition) is 1. The Balaban J connectivity index is 3.56. The number of halogens is 5. The van der Waals surface area contributed by atoms with Crippen molar-refractivity contribution in [2.75, 3.05) is 0 Å². The van der Waals surface area contributed by atoms with E-state index in [9.17, 15) is 22.0 Å². The first-order valence-corrected chi connectivity index (χ1v) is 2.88. The average molecular weight is 199 g/mol. The molecule has 0 aliphatic heterocycles. The molecule has 7 heteroatoms. The van der Waals surface area contributed by atoms with Gasteiger partial charge in [-0.25, -0.2) is 13.2 Å². The maximum atomic E-state index is 12.5. The van der Waals surface area contributed by atoms with Gasteiger partial charge in [-0.2, -0.15) is 14.7 Å². The maximum absolute atomic E-state index is 12.5. The first-order valence-electron chi connectivity index (χ1n) is 2.88. The SMILES string of the molecule is NOc1c(F)c(F)c(F)c(F)c1F. The summed E-state index contributed by atoms with van der Waals surface area (Å²) >= 11 is 0. The van der Waals surface area contributed by atoms with Crippen LogP contribution in [-0.2, 0) is 0 Å². The molecule has 0 spiro atoms. The first kappa shape index (κ1) is 9.72. The number of nitrogens with two attached hydrogens (primary N) is 1.